The number of nitrogens with two attached hydrogens (primary N) is 1. The van der Waals surface area contributed by atoms with Crippen molar-refractivity contribution in [3.63, 3.8) is 0 Å². The maximum atomic E-state index is 12.0. The number of rotatable bonds is 2. The van der Waals surface area contributed by atoms with Crippen molar-refractivity contribution < 1.29 is 9.21 Å². The Balaban J connectivity index is 2.45. The molecular weight excluding hydrogens is 270 g/mol. The summed E-state index contributed by atoms with van der Waals surface area (Å²) in [5, 5.41) is 0. The number of nitrogen functional groups attached to an aromatic ring is 1. The van der Waals surface area contributed by atoms with E-state index < -0.39 is 0 Å². The summed E-state index contributed by atoms with van der Waals surface area (Å²) < 4.78 is 5.74. The van der Waals surface area contributed by atoms with Crippen molar-refractivity contribution in [3.8, 4) is 0 Å². The number of ketones is 1. The number of benzene rings is 1. The van der Waals surface area contributed by atoms with Gasteiger partial charge in [-0.05, 0) is 46.6 Å². The Morgan fingerprint density at radius 2 is 2.06 bits per heavy atom. The molecule has 0 spiro atoms. The predicted octanol–water partition coefficient (Wildman–Crippen LogP) is 3.16. The van der Waals surface area contributed by atoms with Gasteiger partial charge in [0.2, 0.25) is 5.78 Å². The van der Waals surface area contributed by atoms with E-state index in [0.717, 1.165) is 5.56 Å². The maximum Gasteiger partial charge on any atom is 0.230 e. The van der Waals surface area contributed by atoms with E-state index in [4.69, 9.17) is 10.2 Å². The molecule has 2 N–H and O–H groups in total. The zero-order chi connectivity index (χ0) is 11.7. The van der Waals surface area contributed by atoms with Crippen LogP contribution in [0.1, 0.15) is 21.7 Å². The van der Waals surface area contributed by atoms with E-state index in [-0.39, 0.29) is 11.5 Å². The van der Waals surface area contributed by atoms with Crippen LogP contribution in [0.25, 0.3) is 0 Å². The molecule has 4 heteroatoms. The third kappa shape index (κ3) is 1.88. The van der Waals surface area contributed by atoms with Gasteiger partial charge in [0.15, 0.2) is 10.4 Å². The fourth-order valence-corrected chi connectivity index (χ4v) is 1.75. The predicted molar refractivity (Wildman–Crippen MR) is 65.4 cm³/mol. The van der Waals surface area contributed by atoms with Crippen LogP contribution in [0, 0.1) is 6.92 Å². The molecule has 0 bridgehead atoms. The van der Waals surface area contributed by atoms with Crippen molar-refractivity contribution in [1.82, 2.24) is 0 Å². The second kappa shape index (κ2) is 4.14. The molecule has 2 rings (SSSR count). The quantitative estimate of drug-likeness (QED) is 0.679. The van der Waals surface area contributed by atoms with Gasteiger partial charge in [0.05, 0.1) is 0 Å². The minimum atomic E-state index is -0.202. The summed E-state index contributed by atoms with van der Waals surface area (Å²) in [6.45, 7) is 1.87. The van der Waals surface area contributed by atoms with E-state index in [9.17, 15) is 4.79 Å². The lowest BCUT2D eigenvalue weighted by molar-refractivity contribution is 0.101. The van der Waals surface area contributed by atoms with Gasteiger partial charge in [-0.25, -0.2) is 0 Å². The van der Waals surface area contributed by atoms with E-state index in [1.807, 2.05) is 13.0 Å². The number of hydrogen-bond donors (Lipinski definition) is 1. The Labute approximate surface area is 101 Å². The van der Waals surface area contributed by atoms with Gasteiger partial charge >= 0.3 is 0 Å². The molecule has 0 atom stereocenters. The summed E-state index contributed by atoms with van der Waals surface area (Å²) in [6, 6.07) is 8.66. The minimum Gasteiger partial charge on any atom is -0.446 e. The van der Waals surface area contributed by atoms with Gasteiger partial charge in [0.25, 0.3) is 0 Å². The number of para-hydroxylation sites is 1. The minimum absolute atomic E-state index is 0.202. The number of halogens is 1. The molecule has 0 saturated heterocycles. The lowest BCUT2D eigenvalue weighted by Gasteiger charge is -2.05. The molecule has 1 aromatic heterocycles. The molecule has 0 unspecified atom stereocenters. The highest BCUT2D eigenvalue weighted by molar-refractivity contribution is 9.10. The number of hydrogen-bond acceptors (Lipinski definition) is 3. The van der Waals surface area contributed by atoms with Crippen molar-refractivity contribution >= 4 is 27.4 Å². The highest BCUT2D eigenvalue weighted by Crippen LogP contribution is 2.22. The van der Waals surface area contributed by atoms with Crippen molar-refractivity contribution in [3.05, 3.63) is 51.9 Å². The topological polar surface area (TPSA) is 56.2 Å². The molecule has 82 valence electrons. The number of carbonyl (C=O) groups excluding carboxylic acids is 1. The van der Waals surface area contributed by atoms with Crippen LogP contribution < -0.4 is 5.73 Å². The Bertz CT molecular complexity index is 546. The lowest BCUT2D eigenvalue weighted by Crippen LogP contribution is -2.05. The van der Waals surface area contributed by atoms with Crippen LogP contribution in [0.2, 0.25) is 0 Å². The van der Waals surface area contributed by atoms with E-state index in [0.29, 0.717) is 15.9 Å². The normalized spacial score (nSPS) is 10.4. The monoisotopic (exact) mass is 279 g/mol. The molecule has 1 aromatic carbocycles. The SMILES string of the molecule is Cc1cccc(C(=O)c2ccc(Br)o2)c1N. The van der Waals surface area contributed by atoms with Crippen molar-refractivity contribution in [2.75, 3.05) is 5.73 Å². The molecule has 0 aliphatic carbocycles. The Kier molecular flexibility index (Phi) is 2.83. The van der Waals surface area contributed by atoms with Gasteiger partial charge in [-0.3, -0.25) is 4.79 Å². The largest absolute Gasteiger partial charge is 0.446 e. The number of anilines is 1. The van der Waals surface area contributed by atoms with Gasteiger partial charge in [-0.2, -0.15) is 0 Å². The Morgan fingerprint density at radius 3 is 2.69 bits per heavy atom. The summed E-state index contributed by atoms with van der Waals surface area (Å²) in [6.07, 6.45) is 0. The van der Waals surface area contributed by atoms with Gasteiger partial charge < -0.3 is 10.2 Å². The molecule has 0 amide bonds. The standard InChI is InChI=1S/C12H10BrNO2/c1-7-3-2-4-8(11(7)14)12(15)9-5-6-10(13)16-9/h2-6H,14H2,1H3. The van der Waals surface area contributed by atoms with Crippen molar-refractivity contribution in [2.45, 2.75) is 6.92 Å². The van der Waals surface area contributed by atoms with Gasteiger partial charge in [0.1, 0.15) is 0 Å². The third-order valence-corrected chi connectivity index (χ3v) is 2.79. The molecule has 0 aliphatic heterocycles. The first-order valence-corrected chi connectivity index (χ1v) is 5.54. The molecule has 0 fully saturated rings. The average Bonchev–Trinajstić information content (AvgIpc) is 2.68. The van der Waals surface area contributed by atoms with Gasteiger partial charge in [0, 0.05) is 11.3 Å². The molecule has 3 nitrogen and oxygen atoms in total. The fourth-order valence-electron chi connectivity index (χ4n) is 1.45. The molecule has 2 aromatic rings. The second-order valence-corrected chi connectivity index (χ2v) is 4.25. The fraction of sp³-hybridized carbons (Fsp3) is 0.0833. The van der Waals surface area contributed by atoms with Gasteiger partial charge in [-0.1, -0.05) is 12.1 Å². The first-order valence-electron chi connectivity index (χ1n) is 4.74. The average molecular weight is 280 g/mol. The first-order chi connectivity index (χ1) is 7.59. The van der Waals surface area contributed by atoms with Crippen LogP contribution in [0.15, 0.2) is 39.4 Å². The molecule has 0 saturated carbocycles. The van der Waals surface area contributed by atoms with Crippen LogP contribution in [-0.4, -0.2) is 5.78 Å². The molecule has 0 radical (unpaired) electrons. The van der Waals surface area contributed by atoms with Crippen LogP contribution in [0.4, 0.5) is 5.69 Å². The number of carbonyl (C=O) groups is 1. The highest BCUT2D eigenvalue weighted by Gasteiger charge is 2.16. The maximum absolute atomic E-state index is 12.0. The molecule has 1 heterocycles. The summed E-state index contributed by atoms with van der Waals surface area (Å²) >= 11 is 3.16. The highest BCUT2D eigenvalue weighted by atomic mass is 79.9. The molecule has 16 heavy (non-hydrogen) atoms. The lowest BCUT2D eigenvalue weighted by atomic mass is 10.0. The molecule has 0 aliphatic rings. The van der Waals surface area contributed by atoms with Crippen LogP contribution in [-0.2, 0) is 0 Å². The van der Waals surface area contributed by atoms with E-state index in [1.165, 1.54) is 0 Å². The van der Waals surface area contributed by atoms with Gasteiger partial charge in [-0.15, -0.1) is 0 Å². The third-order valence-electron chi connectivity index (χ3n) is 2.37. The summed E-state index contributed by atoms with van der Waals surface area (Å²) in [4.78, 5) is 12.0. The van der Waals surface area contributed by atoms with Crippen LogP contribution >= 0.6 is 15.9 Å². The number of furan rings is 1. The van der Waals surface area contributed by atoms with E-state index in [2.05, 4.69) is 15.9 Å². The van der Waals surface area contributed by atoms with Crippen LogP contribution in [0.5, 0.6) is 0 Å². The first kappa shape index (κ1) is 11.0. The van der Waals surface area contributed by atoms with Crippen LogP contribution in [0.3, 0.4) is 0 Å². The van der Waals surface area contributed by atoms with Crippen molar-refractivity contribution in [1.29, 1.82) is 0 Å². The molecular formula is C12H10BrNO2. The van der Waals surface area contributed by atoms with E-state index in [1.54, 1.807) is 24.3 Å². The van der Waals surface area contributed by atoms with Crippen molar-refractivity contribution in [2.24, 2.45) is 0 Å². The van der Waals surface area contributed by atoms with E-state index >= 15 is 0 Å². The number of aryl methyl sites for hydroxylation is 1. The second-order valence-electron chi connectivity index (χ2n) is 3.47. The summed E-state index contributed by atoms with van der Waals surface area (Å²) in [5.41, 5.74) is 7.71. The summed E-state index contributed by atoms with van der Waals surface area (Å²) in [7, 11) is 0. The Morgan fingerprint density at radius 1 is 1.31 bits per heavy atom. The smallest absolute Gasteiger partial charge is 0.230 e. The summed E-state index contributed by atoms with van der Waals surface area (Å²) in [5.74, 6) is 0.0797. The zero-order valence-corrected chi connectivity index (χ0v) is 10.2. The zero-order valence-electron chi connectivity index (χ0n) is 8.66. The Hall–Kier alpha value is -1.55.